The molecule has 21 heavy (non-hydrogen) atoms. The zero-order valence-corrected chi connectivity index (χ0v) is 12.1. The van der Waals surface area contributed by atoms with Gasteiger partial charge in [-0.05, 0) is 25.7 Å². The van der Waals surface area contributed by atoms with Crippen molar-refractivity contribution in [2.45, 2.75) is 45.1 Å². The Morgan fingerprint density at radius 2 is 2.33 bits per heavy atom. The Bertz CT molecular complexity index is 684. The molecule has 7 heteroatoms. The number of hydrogen-bond acceptors (Lipinski definition) is 6. The molecule has 2 unspecified atom stereocenters. The molecule has 2 atom stereocenters. The van der Waals surface area contributed by atoms with Crippen molar-refractivity contribution >= 4 is 22.9 Å². The van der Waals surface area contributed by atoms with E-state index in [4.69, 9.17) is 4.52 Å². The van der Waals surface area contributed by atoms with Gasteiger partial charge in [0, 0.05) is 0 Å². The molecule has 0 aliphatic heterocycles. The Kier molecular flexibility index (Phi) is 3.27. The van der Waals surface area contributed by atoms with Gasteiger partial charge in [0.1, 0.15) is 23.1 Å². The fourth-order valence-electron chi connectivity index (χ4n) is 3.16. The summed E-state index contributed by atoms with van der Waals surface area (Å²) in [6.45, 7) is 3.87. The van der Waals surface area contributed by atoms with Crippen LogP contribution in [-0.4, -0.2) is 31.7 Å². The van der Waals surface area contributed by atoms with Crippen LogP contribution in [0.3, 0.4) is 0 Å². The summed E-state index contributed by atoms with van der Waals surface area (Å²) in [5.41, 5.74) is 0.0368. The Balaban J connectivity index is 2.02. The Hall–Kier alpha value is -2.18. The average Bonchev–Trinajstić information content (AvgIpc) is 2.81. The maximum atomic E-state index is 11.8. The fraction of sp³-hybridized carbons (Fsp3) is 0.571. The first-order valence-corrected chi connectivity index (χ1v) is 7.10. The molecule has 0 spiro atoms. The van der Waals surface area contributed by atoms with Crippen LogP contribution in [0.5, 0.6) is 0 Å². The van der Waals surface area contributed by atoms with E-state index < -0.39 is 11.5 Å². The summed E-state index contributed by atoms with van der Waals surface area (Å²) in [7, 11) is 0. The molecule has 0 radical (unpaired) electrons. The molecule has 2 N–H and O–H groups in total. The third-order valence-corrected chi connectivity index (χ3v) is 4.21. The topological polar surface area (TPSA) is 101 Å². The number of carboxylic acids is 1. The first-order valence-electron chi connectivity index (χ1n) is 7.10. The van der Waals surface area contributed by atoms with Crippen LogP contribution in [0.15, 0.2) is 10.9 Å². The lowest BCUT2D eigenvalue weighted by Gasteiger charge is -2.37. The highest BCUT2D eigenvalue weighted by atomic mass is 16.5. The van der Waals surface area contributed by atoms with Gasteiger partial charge in [0.15, 0.2) is 0 Å². The van der Waals surface area contributed by atoms with Crippen molar-refractivity contribution in [1.82, 2.24) is 15.1 Å². The van der Waals surface area contributed by atoms with Gasteiger partial charge in [-0.2, -0.15) is 4.98 Å². The second kappa shape index (κ2) is 4.98. The van der Waals surface area contributed by atoms with E-state index in [0.29, 0.717) is 41.4 Å². The molecule has 0 amide bonds. The minimum atomic E-state index is -0.983. The normalized spacial score (nSPS) is 25.9. The number of hydrogen-bond donors (Lipinski definition) is 2. The number of aliphatic carboxylic acids is 1. The van der Waals surface area contributed by atoms with E-state index >= 15 is 0 Å². The van der Waals surface area contributed by atoms with Crippen LogP contribution in [-0.2, 0) is 4.79 Å². The zero-order chi connectivity index (χ0) is 15.0. The van der Waals surface area contributed by atoms with Gasteiger partial charge in [0.05, 0.1) is 5.69 Å². The summed E-state index contributed by atoms with van der Waals surface area (Å²) in [4.78, 5) is 20.1. The number of carboxylic acid groups (broad SMARTS) is 1. The van der Waals surface area contributed by atoms with Crippen molar-refractivity contribution in [3.05, 3.63) is 12.0 Å². The number of fused-ring (bicyclic) bond motifs is 1. The third kappa shape index (κ3) is 2.32. The van der Waals surface area contributed by atoms with Gasteiger partial charge in [0.25, 0.3) is 5.71 Å². The SMILES string of the molecule is Cc1noc2ncnc(NC3(C(=O)O)CCCC(C)C3)c12. The van der Waals surface area contributed by atoms with E-state index in [0.717, 1.165) is 12.8 Å². The summed E-state index contributed by atoms with van der Waals surface area (Å²) in [5, 5.41) is 17.4. The lowest BCUT2D eigenvalue weighted by molar-refractivity contribution is -0.144. The summed E-state index contributed by atoms with van der Waals surface area (Å²) in [6.07, 6.45) is 4.47. The molecule has 2 aromatic heterocycles. The minimum absolute atomic E-state index is 0.364. The highest BCUT2D eigenvalue weighted by Gasteiger charge is 2.42. The van der Waals surface area contributed by atoms with Gasteiger partial charge in [-0.1, -0.05) is 24.9 Å². The minimum Gasteiger partial charge on any atom is -0.480 e. The number of aromatic nitrogens is 3. The van der Waals surface area contributed by atoms with Crippen molar-refractivity contribution in [3.8, 4) is 0 Å². The van der Waals surface area contributed by atoms with Crippen molar-refractivity contribution in [2.24, 2.45) is 5.92 Å². The number of carbonyl (C=O) groups is 1. The van der Waals surface area contributed by atoms with E-state index in [2.05, 4.69) is 27.4 Å². The van der Waals surface area contributed by atoms with Crippen LogP contribution < -0.4 is 5.32 Å². The van der Waals surface area contributed by atoms with Crippen LogP contribution in [0.1, 0.15) is 38.3 Å². The fourth-order valence-corrected chi connectivity index (χ4v) is 3.16. The predicted octanol–water partition coefficient (Wildman–Crippen LogP) is 2.37. The highest BCUT2D eigenvalue weighted by Crippen LogP contribution is 2.36. The van der Waals surface area contributed by atoms with E-state index in [1.807, 2.05) is 0 Å². The molecule has 0 saturated heterocycles. The Labute approximate surface area is 121 Å². The summed E-state index contributed by atoms with van der Waals surface area (Å²) < 4.78 is 5.10. The number of nitrogens with one attached hydrogen (secondary N) is 1. The molecule has 1 aliphatic rings. The van der Waals surface area contributed by atoms with Gasteiger partial charge in [-0.3, -0.25) is 0 Å². The van der Waals surface area contributed by atoms with Crippen molar-refractivity contribution < 1.29 is 14.4 Å². The Morgan fingerprint density at radius 3 is 3.05 bits per heavy atom. The Morgan fingerprint density at radius 1 is 1.52 bits per heavy atom. The van der Waals surface area contributed by atoms with Crippen LogP contribution in [0.25, 0.3) is 11.1 Å². The molecule has 1 fully saturated rings. The third-order valence-electron chi connectivity index (χ3n) is 4.21. The molecule has 0 aromatic carbocycles. The molecule has 0 bridgehead atoms. The quantitative estimate of drug-likeness (QED) is 0.894. The second-order valence-corrected chi connectivity index (χ2v) is 5.88. The molecule has 2 heterocycles. The second-order valence-electron chi connectivity index (χ2n) is 5.88. The van der Waals surface area contributed by atoms with Gasteiger partial charge in [-0.15, -0.1) is 0 Å². The molecule has 1 saturated carbocycles. The monoisotopic (exact) mass is 290 g/mol. The maximum Gasteiger partial charge on any atom is 0.329 e. The summed E-state index contributed by atoms with van der Waals surface area (Å²) in [6, 6.07) is 0. The van der Waals surface area contributed by atoms with E-state index in [9.17, 15) is 9.90 Å². The number of rotatable bonds is 3. The van der Waals surface area contributed by atoms with Gasteiger partial charge < -0.3 is 14.9 Å². The average molecular weight is 290 g/mol. The lowest BCUT2D eigenvalue weighted by atomic mass is 9.76. The van der Waals surface area contributed by atoms with Gasteiger partial charge >= 0.3 is 5.97 Å². The van der Waals surface area contributed by atoms with Crippen molar-refractivity contribution in [1.29, 1.82) is 0 Å². The lowest BCUT2D eigenvalue weighted by Crippen LogP contribution is -2.49. The van der Waals surface area contributed by atoms with Gasteiger partial charge in [-0.25, -0.2) is 9.78 Å². The van der Waals surface area contributed by atoms with Gasteiger partial charge in [0.2, 0.25) is 0 Å². The largest absolute Gasteiger partial charge is 0.480 e. The number of aryl methyl sites for hydroxylation is 1. The van der Waals surface area contributed by atoms with E-state index in [-0.39, 0.29) is 0 Å². The smallest absolute Gasteiger partial charge is 0.329 e. The predicted molar refractivity (Wildman–Crippen MR) is 76.0 cm³/mol. The summed E-state index contributed by atoms with van der Waals surface area (Å²) >= 11 is 0. The van der Waals surface area contributed by atoms with Crippen LogP contribution in [0, 0.1) is 12.8 Å². The van der Waals surface area contributed by atoms with Crippen LogP contribution in [0.2, 0.25) is 0 Å². The van der Waals surface area contributed by atoms with Crippen molar-refractivity contribution in [2.75, 3.05) is 5.32 Å². The molecule has 112 valence electrons. The zero-order valence-electron chi connectivity index (χ0n) is 12.1. The molecular formula is C14H18N4O3. The number of nitrogens with zero attached hydrogens (tertiary/aromatic N) is 3. The van der Waals surface area contributed by atoms with Crippen LogP contribution in [0.4, 0.5) is 5.82 Å². The molecule has 3 rings (SSSR count). The molecule has 1 aliphatic carbocycles. The van der Waals surface area contributed by atoms with E-state index in [1.165, 1.54) is 6.33 Å². The summed E-state index contributed by atoms with van der Waals surface area (Å²) in [5.74, 6) is 0.00780. The van der Waals surface area contributed by atoms with E-state index in [1.54, 1.807) is 6.92 Å². The van der Waals surface area contributed by atoms with Crippen molar-refractivity contribution in [3.63, 3.8) is 0 Å². The standard InChI is InChI=1S/C14H18N4O3/c1-8-4-3-5-14(6-8,13(19)20)17-11-10-9(2)18-21-12(10)16-7-15-11/h7-8H,3-6H2,1-2H3,(H,19,20)(H,15,16,17). The first-order chi connectivity index (χ1) is 10.0. The molecule has 7 nitrogen and oxygen atoms in total. The number of anilines is 1. The maximum absolute atomic E-state index is 11.8. The highest BCUT2D eigenvalue weighted by molar-refractivity contribution is 5.91. The van der Waals surface area contributed by atoms with Crippen LogP contribution >= 0.6 is 0 Å². The molecule has 2 aromatic rings. The first kappa shape index (κ1) is 13.8. The molecular weight excluding hydrogens is 272 g/mol.